The molecule has 0 aliphatic rings. The standard InChI is InChI=1S/C10H18N4O2/c1-8(10(15)16-3)6-11-5-4-9-12-7-14(2)13-9/h7-8,11H,4-6H2,1-3H3. The second-order valence-electron chi connectivity index (χ2n) is 3.71. The van der Waals surface area contributed by atoms with Crippen LogP contribution >= 0.6 is 0 Å². The van der Waals surface area contributed by atoms with Gasteiger partial charge < -0.3 is 10.1 Å². The quantitative estimate of drug-likeness (QED) is 0.535. The van der Waals surface area contributed by atoms with E-state index >= 15 is 0 Å². The number of hydrogen-bond acceptors (Lipinski definition) is 5. The van der Waals surface area contributed by atoms with Gasteiger partial charge in [-0.2, -0.15) is 5.10 Å². The molecule has 1 unspecified atom stereocenters. The Labute approximate surface area is 95.0 Å². The van der Waals surface area contributed by atoms with Crippen LogP contribution in [0.4, 0.5) is 0 Å². The van der Waals surface area contributed by atoms with E-state index in [-0.39, 0.29) is 11.9 Å². The lowest BCUT2D eigenvalue weighted by Gasteiger charge is -2.09. The molecule has 0 saturated heterocycles. The fourth-order valence-corrected chi connectivity index (χ4v) is 1.30. The highest BCUT2D eigenvalue weighted by molar-refractivity contribution is 5.71. The normalized spacial score (nSPS) is 12.4. The number of nitrogens with zero attached hydrogens (tertiary/aromatic N) is 3. The molecule has 90 valence electrons. The Balaban J connectivity index is 2.14. The number of ether oxygens (including phenoxy) is 1. The van der Waals surface area contributed by atoms with Crippen LogP contribution in [0.3, 0.4) is 0 Å². The SMILES string of the molecule is COC(=O)C(C)CNCCc1ncn(C)n1. The van der Waals surface area contributed by atoms with Gasteiger partial charge in [0.1, 0.15) is 6.33 Å². The largest absolute Gasteiger partial charge is 0.469 e. The number of methoxy groups -OCH3 is 1. The topological polar surface area (TPSA) is 69.0 Å². The van der Waals surface area contributed by atoms with Crippen molar-refractivity contribution in [3.05, 3.63) is 12.2 Å². The number of aromatic nitrogens is 3. The molecule has 0 radical (unpaired) electrons. The predicted molar refractivity (Wildman–Crippen MR) is 58.8 cm³/mol. The molecule has 1 aromatic rings. The Morgan fingerprint density at radius 1 is 1.69 bits per heavy atom. The van der Waals surface area contributed by atoms with Crippen molar-refractivity contribution >= 4 is 5.97 Å². The van der Waals surface area contributed by atoms with Crippen molar-refractivity contribution in [1.82, 2.24) is 20.1 Å². The van der Waals surface area contributed by atoms with Crippen molar-refractivity contribution in [3.8, 4) is 0 Å². The van der Waals surface area contributed by atoms with Crippen molar-refractivity contribution in [3.63, 3.8) is 0 Å². The molecule has 0 spiro atoms. The summed E-state index contributed by atoms with van der Waals surface area (Å²) in [5.41, 5.74) is 0. The van der Waals surface area contributed by atoms with E-state index in [0.29, 0.717) is 6.54 Å². The van der Waals surface area contributed by atoms with Gasteiger partial charge in [-0.15, -0.1) is 0 Å². The minimum absolute atomic E-state index is 0.123. The average molecular weight is 226 g/mol. The molecular formula is C10H18N4O2. The summed E-state index contributed by atoms with van der Waals surface area (Å²) in [5, 5.41) is 7.32. The third-order valence-corrected chi connectivity index (χ3v) is 2.23. The summed E-state index contributed by atoms with van der Waals surface area (Å²) in [6.07, 6.45) is 2.43. The highest BCUT2D eigenvalue weighted by atomic mass is 16.5. The zero-order chi connectivity index (χ0) is 12.0. The molecule has 6 nitrogen and oxygen atoms in total. The lowest BCUT2D eigenvalue weighted by atomic mass is 10.2. The van der Waals surface area contributed by atoms with Crippen LogP contribution in [0.2, 0.25) is 0 Å². The van der Waals surface area contributed by atoms with Gasteiger partial charge in [-0.25, -0.2) is 4.98 Å². The number of esters is 1. The first-order valence-corrected chi connectivity index (χ1v) is 5.26. The molecular weight excluding hydrogens is 208 g/mol. The first-order valence-electron chi connectivity index (χ1n) is 5.26. The van der Waals surface area contributed by atoms with Gasteiger partial charge in [0.05, 0.1) is 13.0 Å². The predicted octanol–water partition coefficient (Wildman–Crippen LogP) is -0.244. The van der Waals surface area contributed by atoms with Crippen LogP contribution < -0.4 is 5.32 Å². The average Bonchev–Trinajstić information content (AvgIpc) is 2.69. The molecule has 0 amide bonds. The highest BCUT2D eigenvalue weighted by Gasteiger charge is 2.11. The number of aryl methyl sites for hydroxylation is 1. The van der Waals surface area contributed by atoms with E-state index in [4.69, 9.17) is 0 Å². The van der Waals surface area contributed by atoms with Gasteiger partial charge in [-0.3, -0.25) is 9.48 Å². The molecule has 0 aliphatic heterocycles. The van der Waals surface area contributed by atoms with E-state index in [1.807, 2.05) is 14.0 Å². The third-order valence-electron chi connectivity index (χ3n) is 2.23. The molecule has 1 rings (SSSR count). The summed E-state index contributed by atoms with van der Waals surface area (Å²) >= 11 is 0. The molecule has 0 aliphatic carbocycles. The van der Waals surface area contributed by atoms with Gasteiger partial charge in [0, 0.05) is 26.6 Å². The minimum Gasteiger partial charge on any atom is -0.469 e. The van der Waals surface area contributed by atoms with Gasteiger partial charge in [0.2, 0.25) is 0 Å². The molecule has 0 fully saturated rings. The van der Waals surface area contributed by atoms with Gasteiger partial charge >= 0.3 is 5.97 Å². The van der Waals surface area contributed by atoms with Gasteiger partial charge in [-0.1, -0.05) is 6.92 Å². The van der Waals surface area contributed by atoms with Crippen molar-refractivity contribution in [2.45, 2.75) is 13.3 Å². The maximum Gasteiger partial charge on any atom is 0.309 e. The van der Waals surface area contributed by atoms with E-state index in [1.165, 1.54) is 7.11 Å². The Hall–Kier alpha value is -1.43. The number of carbonyl (C=O) groups is 1. The minimum atomic E-state index is -0.191. The second-order valence-corrected chi connectivity index (χ2v) is 3.71. The van der Waals surface area contributed by atoms with Gasteiger partial charge in [0.15, 0.2) is 5.82 Å². The van der Waals surface area contributed by atoms with Crippen LogP contribution in [0.1, 0.15) is 12.7 Å². The maximum absolute atomic E-state index is 11.1. The number of hydrogen-bond donors (Lipinski definition) is 1. The van der Waals surface area contributed by atoms with Crippen LogP contribution in [0.5, 0.6) is 0 Å². The Morgan fingerprint density at radius 2 is 2.44 bits per heavy atom. The lowest BCUT2D eigenvalue weighted by Crippen LogP contribution is -2.28. The summed E-state index contributed by atoms with van der Waals surface area (Å²) in [4.78, 5) is 15.2. The van der Waals surface area contributed by atoms with Crippen LogP contribution in [0.15, 0.2) is 6.33 Å². The molecule has 1 aromatic heterocycles. The highest BCUT2D eigenvalue weighted by Crippen LogP contribution is 1.95. The molecule has 1 heterocycles. The summed E-state index contributed by atoms with van der Waals surface area (Å²) < 4.78 is 6.30. The summed E-state index contributed by atoms with van der Waals surface area (Å²) in [6, 6.07) is 0. The monoisotopic (exact) mass is 226 g/mol. The van der Waals surface area contributed by atoms with Gasteiger partial charge in [-0.05, 0) is 0 Å². The first-order chi connectivity index (χ1) is 7.63. The Morgan fingerprint density at radius 3 is 3.00 bits per heavy atom. The first kappa shape index (κ1) is 12.6. The third kappa shape index (κ3) is 3.98. The Bertz CT molecular complexity index is 337. The van der Waals surface area contributed by atoms with Crippen molar-refractivity contribution < 1.29 is 9.53 Å². The fourth-order valence-electron chi connectivity index (χ4n) is 1.30. The van der Waals surface area contributed by atoms with Crippen LogP contribution in [0, 0.1) is 5.92 Å². The molecule has 1 N–H and O–H groups in total. The maximum atomic E-state index is 11.1. The van der Waals surface area contributed by atoms with Crippen LogP contribution in [0.25, 0.3) is 0 Å². The molecule has 6 heteroatoms. The van der Waals surface area contributed by atoms with E-state index in [1.54, 1.807) is 11.0 Å². The van der Waals surface area contributed by atoms with Crippen LogP contribution in [-0.4, -0.2) is 40.9 Å². The van der Waals surface area contributed by atoms with E-state index in [0.717, 1.165) is 18.8 Å². The number of carbonyl (C=O) groups excluding carboxylic acids is 1. The van der Waals surface area contributed by atoms with E-state index in [2.05, 4.69) is 20.1 Å². The van der Waals surface area contributed by atoms with Crippen molar-refractivity contribution in [2.24, 2.45) is 13.0 Å². The molecule has 16 heavy (non-hydrogen) atoms. The van der Waals surface area contributed by atoms with Gasteiger partial charge in [0.25, 0.3) is 0 Å². The molecule has 0 aromatic carbocycles. The summed E-state index contributed by atoms with van der Waals surface area (Å²) in [5.74, 6) is 0.492. The van der Waals surface area contributed by atoms with E-state index < -0.39 is 0 Å². The summed E-state index contributed by atoms with van der Waals surface area (Å²) in [7, 11) is 3.24. The molecule has 1 atom stereocenters. The Kier molecular flexibility index (Phi) is 4.91. The number of rotatable bonds is 6. The zero-order valence-corrected chi connectivity index (χ0v) is 9.93. The lowest BCUT2D eigenvalue weighted by molar-refractivity contribution is -0.144. The fraction of sp³-hybridized carbons (Fsp3) is 0.700. The molecule has 0 bridgehead atoms. The number of nitrogens with one attached hydrogen (secondary N) is 1. The molecule has 0 saturated carbocycles. The van der Waals surface area contributed by atoms with Crippen molar-refractivity contribution in [2.75, 3.05) is 20.2 Å². The smallest absolute Gasteiger partial charge is 0.309 e. The van der Waals surface area contributed by atoms with E-state index in [9.17, 15) is 4.79 Å². The summed E-state index contributed by atoms with van der Waals surface area (Å²) in [6.45, 7) is 3.20. The zero-order valence-electron chi connectivity index (χ0n) is 9.93. The van der Waals surface area contributed by atoms with Crippen molar-refractivity contribution in [1.29, 1.82) is 0 Å². The second kappa shape index (κ2) is 6.22. The van der Waals surface area contributed by atoms with Crippen LogP contribution in [-0.2, 0) is 23.0 Å².